The Balaban J connectivity index is 2.83. The second-order valence-corrected chi connectivity index (χ2v) is 3.67. The number of hydrogen-bond donors (Lipinski definition) is 1. The van der Waals surface area contributed by atoms with Crippen molar-refractivity contribution in [1.29, 1.82) is 0 Å². The molecule has 2 rings (SSSR count). The van der Waals surface area contributed by atoms with Crippen LogP contribution in [0.1, 0.15) is 0 Å². The third kappa shape index (κ3) is 1.50. The highest BCUT2D eigenvalue weighted by atomic mass is 79.9. The predicted molar refractivity (Wildman–Crippen MR) is 57.1 cm³/mol. The number of H-pyrrole nitrogens is 1. The highest BCUT2D eigenvalue weighted by Gasteiger charge is 2.26. The molecule has 0 aliphatic rings. The minimum absolute atomic E-state index is 0.365. The standard InChI is InChI=1S/C7H3BrN4O4/c8-7-3-1-5(11(13)14)6(12(15)16)2-4(3)9-10-7/h1-2H,(H,9,10). The first kappa shape index (κ1) is 10.5. The number of nitrogens with zero attached hydrogens (tertiary/aromatic N) is 3. The lowest BCUT2D eigenvalue weighted by molar-refractivity contribution is -0.422. The molecule has 0 saturated carbocycles. The molecular formula is C7H3BrN4O4. The highest BCUT2D eigenvalue weighted by Crippen LogP contribution is 2.33. The van der Waals surface area contributed by atoms with Crippen LogP contribution in [-0.2, 0) is 0 Å². The quantitative estimate of drug-likeness (QED) is 0.671. The molecule has 0 amide bonds. The van der Waals surface area contributed by atoms with E-state index in [1.165, 1.54) is 0 Å². The number of nitro groups is 2. The topological polar surface area (TPSA) is 115 Å². The number of hydrogen-bond acceptors (Lipinski definition) is 5. The van der Waals surface area contributed by atoms with Gasteiger partial charge in [0.25, 0.3) is 0 Å². The number of rotatable bonds is 2. The number of aromatic amines is 1. The van der Waals surface area contributed by atoms with Crippen LogP contribution in [0.3, 0.4) is 0 Å². The van der Waals surface area contributed by atoms with Crippen LogP contribution in [0.5, 0.6) is 0 Å². The summed E-state index contributed by atoms with van der Waals surface area (Å²) in [6, 6.07) is 2.20. The zero-order chi connectivity index (χ0) is 11.9. The minimum atomic E-state index is -0.799. The van der Waals surface area contributed by atoms with Crippen molar-refractivity contribution in [2.45, 2.75) is 0 Å². The highest BCUT2D eigenvalue weighted by molar-refractivity contribution is 9.10. The van der Waals surface area contributed by atoms with Crippen molar-refractivity contribution in [3.63, 3.8) is 0 Å². The van der Waals surface area contributed by atoms with E-state index in [4.69, 9.17) is 0 Å². The molecular weight excluding hydrogens is 284 g/mol. The molecule has 2 aromatic rings. The second kappa shape index (κ2) is 3.52. The lowest BCUT2D eigenvalue weighted by Crippen LogP contribution is -1.96. The molecule has 0 saturated heterocycles. The van der Waals surface area contributed by atoms with Crippen molar-refractivity contribution in [1.82, 2.24) is 10.2 Å². The van der Waals surface area contributed by atoms with Crippen molar-refractivity contribution < 1.29 is 9.85 Å². The fraction of sp³-hybridized carbons (Fsp3) is 0. The largest absolute Gasteiger partial charge is 0.348 e. The summed E-state index contributed by atoms with van der Waals surface area (Å²) < 4.78 is 0.375. The van der Waals surface area contributed by atoms with Crippen molar-refractivity contribution >= 4 is 38.2 Å². The van der Waals surface area contributed by atoms with Gasteiger partial charge in [0.2, 0.25) is 0 Å². The summed E-state index contributed by atoms with van der Waals surface area (Å²) in [5.74, 6) is 0. The summed E-state index contributed by atoms with van der Waals surface area (Å²) in [6.07, 6.45) is 0. The first-order valence-electron chi connectivity index (χ1n) is 3.97. The van der Waals surface area contributed by atoms with E-state index in [0.29, 0.717) is 15.5 Å². The van der Waals surface area contributed by atoms with E-state index in [-0.39, 0.29) is 0 Å². The number of nitro benzene ring substituents is 2. The summed E-state index contributed by atoms with van der Waals surface area (Å²) in [5.41, 5.74) is -0.752. The molecule has 0 atom stereocenters. The van der Waals surface area contributed by atoms with E-state index in [9.17, 15) is 20.2 Å². The van der Waals surface area contributed by atoms with Crippen molar-refractivity contribution in [3.8, 4) is 0 Å². The number of halogens is 1. The molecule has 1 aromatic carbocycles. The smallest absolute Gasteiger partial charge is 0.276 e. The van der Waals surface area contributed by atoms with Gasteiger partial charge in [-0.15, -0.1) is 0 Å². The van der Waals surface area contributed by atoms with Gasteiger partial charge in [0.15, 0.2) is 0 Å². The Labute approximate surface area is 95.7 Å². The van der Waals surface area contributed by atoms with Gasteiger partial charge in [0.1, 0.15) is 4.60 Å². The third-order valence-electron chi connectivity index (χ3n) is 2.00. The molecule has 0 unspecified atom stereocenters. The number of aromatic nitrogens is 2. The van der Waals surface area contributed by atoms with E-state index < -0.39 is 21.2 Å². The maximum Gasteiger partial charge on any atom is 0.348 e. The lowest BCUT2D eigenvalue weighted by atomic mass is 10.2. The maximum atomic E-state index is 10.7. The first-order valence-corrected chi connectivity index (χ1v) is 4.76. The molecule has 0 bridgehead atoms. The van der Waals surface area contributed by atoms with Gasteiger partial charge in [0, 0.05) is 17.5 Å². The number of fused-ring (bicyclic) bond motifs is 1. The summed E-state index contributed by atoms with van der Waals surface area (Å²) in [5, 5.41) is 28.0. The first-order chi connectivity index (χ1) is 7.50. The van der Waals surface area contributed by atoms with E-state index in [1.54, 1.807) is 0 Å². The number of nitrogens with one attached hydrogen (secondary N) is 1. The van der Waals surface area contributed by atoms with Gasteiger partial charge >= 0.3 is 11.4 Å². The fourth-order valence-corrected chi connectivity index (χ4v) is 1.72. The zero-order valence-corrected chi connectivity index (χ0v) is 9.09. The molecule has 0 fully saturated rings. The molecule has 1 heterocycles. The SMILES string of the molecule is O=[N+]([O-])c1cc2[nH]nc(Br)c2cc1[N+](=O)[O-]. The summed E-state index contributed by atoms with van der Waals surface area (Å²) in [7, 11) is 0. The van der Waals surface area contributed by atoms with Crippen LogP contribution in [0.15, 0.2) is 16.7 Å². The third-order valence-corrected chi connectivity index (χ3v) is 2.61. The second-order valence-electron chi connectivity index (χ2n) is 2.92. The van der Waals surface area contributed by atoms with Crippen LogP contribution < -0.4 is 0 Å². The molecule has 0 aliphatic heterocycles. The Morgan fingerprint density at radius 3 is 2.31 bits per heavy atom. The summed E-state index contributed by atoms with van der Waals surface area (Å²) in [4.78, 5) is 19.7. The van der Waals surface area contributed by atoms with E-state index in [1.807, 2.05) is 0 Å². The van der Waals surface area contributed by atoms with Gasteiger partial charge in [-0.3, -0.25) is 25.3 Å². The molecule has 8 nitrogen and oxygen atoms in total. The van der Waals surface area contributed by atoms with Gasteiger partial charge in [-0.1, -0.05) is 0 Å². The minimum Gasteiger partial charge on any atom is -0.276 e. The Morgan fingerprint density at radius 1 is 1.19 bits per heavy atom. The van der Waals surface area contributed by atoms with Crippen LogP contribution in [0.4, 0.5) is 11.4 Å². The van der Waals surface area contributed by atoms with Crippen molar-refractivity contribution in [2.75, 3.05) is 0 Å². The molecule has 9 heteroatoms. The maximum absolute atomic E-state index is 10.7. The number of benzene rings is 1. The molecule has 0 aliphatic carbocycles. The van der Waals surface area contributed by atoms with Gasteiger partial charge < -0.3 is 0 Å². The van der Waals surface area contributed by atoms with E-state index >= 15 is 0 Å². The van der Waals surface area contributed by atoms with E-state index in [0.717, 1.165) is 12.1 Å². The fourth-order valence-electron chi connectivity index (χ4n) is 1.30. The zero-order valence-electron chi connectivity index (χ0n) is 7.51. The average molecular weight is 287 g/mol. The van der Waals surface area contributed by atoms with Gasteiger partial charge in [0.05, 0.1) is 15.4 Å². The van der Waals surface area contributed by atoms with Crippen molar-refractivity contribution in [2.24, 2.45) is 0 Å². The summed E-state index contributed by atoms with van der Waals surface area (Å²) >= 11 is 3.08. The Bertz CT molecular complexity index is 608. The monoisotopic (exact) mass is 286 g/mol. The van der Waals surface area contributed by atoms with E-state index in [2.05, 4.69) is 26.1 Å². The Morgan fingerprint density at radius 2 is 1.75 bits per heavy atom. The van der Waals surface area contributed by atoms with Crippen LogP contribution in [-0.4, -0.2) is 20.0 Å². The van der Waals surface area contributed by atoms with Crippen LogP contribution in [0, 0.1) is 20.2 Å². The normalized spacial score (nSPS) is 10.6. The molecule has 1 aromatic heterocycles. The van der Waals surface area contributed by atoms with Gasteiger partial charge in [-0.25, -0.2) is 0 Å². The molecule has 0 spiro atoms. The average Bonchev–Trinajstić information content (AvgIpc) is 2.58. The molecule has 16 heavy (non-hydrogen) atoms. The van der Waals surface area contributed by atoms with Gasteiger partial charge in [-0.05, 0) is 15.9 Å². The van der Waals surface area contributed by atoms with Crippen LogP contribution in [0.2, 0.25) is 0 Å². The van der Waals surface area contributed by atoms with Crippen LogP contribution >= 0.6 is 15.9 Å². The Hall–Kier alpha value is -2.03. The Kier molecular flexibility index (Phi) is 2.31. The molecule has 82 valence electrons. The van der Waals surface area contributed by atoms with Crippen molar-refractivity contribution in [3.05, 3.63) is 37.0 Å². The summed E-state index contributed by atoms with van der Waals surface area (Å²) in [6.45, 7) is 0. The molecule has 1 N–H and O–H groups in total. The predicted octanol–water partition coefficient (Wildman–Crippen LogP) is 2.14. The van der Waals surface area contributed by atoms with Gasteiger partial charge in [-0.2, -0.15) is 5.10 Å². The lowest BCUT2D eigenvalue weighted by Gasteiger charge is -1.95. The van der Waals surface area contributed by atoms with Crippen LogP contribution in [0.25, 0.3) is 10.9 Å². The molecule has 0 radical (unpaired) electrons.